The molecule has 3 aromatic carbocycles. The molecule has 1 fully saturated rings. The lowest BCUT2D eigenvalue weighted by Crippen LogP contribution is -2.25. The minimum atomic E-state index is 0.0883. The van der Waals surface area contributed by atoms with Crippen LogP contribution in [0.2, 0.25) is 0 Å². The molecule has 1 amide bonds. The van der Waals surface area contributed by atoms with E-state index in [0.29, 0.717) is 19.6 Å². The molecule has 174 valence electrons. The molecule has 0 saturated carbocycles. The maximum Gasteiger partial charge on any atom is 0.227 e. The third-order valence-corrected chi connectivity index (χ3v) is 6.63. The molecule has 1 atom stereocenters. The molecule has 5 heteroatoms. The van der Waals surface area contributed by atoms with Crippen molar-refractivity contribution in [1.82, 2.24) is 9.55 Å². The van der Waals surface area contributed by atoms with Crippen LogP contribution in [0.25, 0.3) is 11.0 Å². The van der Waals surface area contributed by atoms with Gasteiger partial charge in [-0.15, -0.1) is 0 Å². The fraction of sp³-hybridized carbons (Fsp3) is 0.310. The quantitative estimate of drug-likeness (QED) is 0.293. The molecule has 2 heterocycles. The van der Waals surface area contributed by atoms with Crippen molar-refractivity contribution >= 4 is 22.6 Å². The van der Waals surface area contributed by atoms with Gasteiger partial charge in [-0.25, -0.2) is 4.98 Å². The Balaban J connectivity index is 1.32. The first-order valence-electron chi connectivity index (χ1n) is 12.3. The topological polar surface area (TPSA) is 47.4 Å². The summed E-state index contributed by atoms with van der Waals surface area (Å²) in [4.78, 5) is 20.0. The van der Waals surface area contributed by atoms with Gasteiger partial charge in [0.1, 0.15) is 11.6 Å². The Kier molecular flexibility index (Phi) is 6.61. The number of aryl methyl sites for hydroxylation is 2. The number of para-hydroxylation sites is 4. The van der Waals surface area contributed by atoms with E-state index in [1.54, 1.807) is 0 Å². The Morgan fingerprint density at radius 3 is 2.56 bits per heavy atom. The number of carbonyl (C=O) groups excluding carboxylic acids is 1. The van der Waals surface area contributed by atoms with E-state index < -0.39 is 0 Å². The van der Waals surface area contributed by atoms with Crippen LogP contribution in [0.3, 0.4) is 0 Å². The van der Waals surface area contributed by atoms with E-state index in [1.165, 1.54) is 5.56 Å². The average molecular weight is 454 g/mol. The number of benzene rings is 3. The number of hydrogen-bond acceptors (Lipinski definition) is 3. The number of unbranched alkanes of at least 4 members (excludes halogenated alkanes) is 1. The summed E-state index contributed by atoms with van der Waals surface area (Å²) in [5, 5.41) is 0. The lowest BCUT2D eigenvalue weighted by molar-refractivity contribution is -0.117. The highest BCUT2D eigenvalue weighted by Gasteiger charge is 2.35. The number of imidazole rings is 1. The first-order valence-corrected chi connectivity index (χ1v) is 12.3. The summed E-state index contributed by atoms with van der Waals surface area (Å²) in [5.41, 5.74) is 4.39. The molecule has 4 aromatic rings. The number of amides is 1. The van der Waals surface area contributed by atoms with Crippen molar-refractivity contribution < 1.29 is 9.53 Å². The van der Waals surface area contributed by atoms with Crippen LogP contribution in [0.5, 0.6) is 5.75 Å². The van der Waals surface area contributed by atoms with E-state index in [1.807, 2.05) is 53.4 Å². The van der Waals surface area contributed by atoms with Crippen LogP contribution in [0.15, 0.2) is 78.9 Å². The van der Waals surface area contributed by atoms with Gasteiger partial charge < -0.3 is 14.2 Å². The van der Waals surface area contributed by atoms with Crippen LogP contribution in [-0.2, 0) is 17.8 Å². The summed E-state index contributed by atoms with van der Waals surface area (Å²) in [6.45, 7) is 4.37. The van der Waals surface area contributed by atoms with Crippen molar-refractivity contribution in [2.75, 3.05) is 18.1 Å². The number of anilines is 1. The van der Waals surface area contributed by atoms with Gasteiger partial charge in [-0.05, 0) is 55.2 Å². The van der Waals surface area contributed by atoms with E-state index in [-0.39, 0.29) is 11.8 Å². The zero-order chi connectivity index (χ0) is 23.3. The molecule has 1 aliphatic rings. The molecule has 0 radical (unpaired) electrons. The summed E-state index contributed by atoms with van der Waals surface area (Å²) in [6.07, 6.45) is 3.36. The van der Waals surface area contributed by atoms with E-state index in [2.05, 4.69) is 41.8 Å². The standard InChI is InChI=1S/C29H31N3O2/c1-2-22-12-6-8-16-26(22)32-21-23(20-28(32)33)29-30-25-15-7-9-17-27(25)31(29)18-10-11-19-34-24-13-4-3-5-14-24/h3-9,12-17,23H,2,10-11,18-21H2,1H3/t23-/m1/s1. The average Bonchev–Trinajstić information content (AvgIpc) is 3.45. The van der Waals surface area contributed by atoms with Gasteiger partial charge in [-0.3, -0.25) is 4.79 Å². The molecule has 34 heavy (non-hydrogen) atoms. The Bertz CT molecular complexity index is 1260. The molecule has 0 N–H and O–H groups in total. The molecule has 5 rings (SSSR count). The number of ether oxygens (including phenoxy) is 1. The van der Waals surface area contributed by atoms with Gasteiger partial charge in [-0.2, -0.15) is 0 Å². The fourth-order valence-corrected chi connectivity index (χ4v) is 4.91. The number of rotatable bonds is 9. The number of carbonyl (C=O) groups is 1. The minimum Gasteiger partial charge on any atom is -0.494 e. The first kappa shape index (κ1) is 22.2. The number of nitrogens with zero attached hydrogens (tertiary/aromatic N) is 3. The van der Waals surface area contributed by atoms with Gasteiger partial charge >= 0.3 is 0 Å². The minimum absolute atomic E-state index is 0.0883. The maximum absolute atomic E-state index is 13.1. The predicted molar refractivity (Wildman–Crippen MR) is 136 cm³/mol. The first-order chi connectivity index (χ1) is 16.7. The Hall–Kier alpha value is -3.60. The van der Waals surface area contributed by atoms with E-state index >= 15 is 0 Å². The van der Waals surface area contributed by atoms with Crippen LogP contribution in [0.1, 0.15) is 43.5 Å². The van der Waals surface area contributed by atoms with Crippen LogP contribution in [-0.4, -0.2) is 28.6 Å². The summed E-state index contributed by atoms with van der Waals surface area (Å²) in [7, 11) is 0. The van der Waals surface area contributed by atoms with Crippen molar-refractivity contribution in [3.05, 3.63) is 90.3 Å². The van der Waals surface area contributed by atoms with E-state index in [0.717, 1.165) is 54.1 Å². The second-order valence-electron chi connectivity index (χ2n) is 8.87. The van der Waals surface area contributed by atoms with E-state index in [9.17, 15) is 4.79 Å². The summed E-state index contributed by atoms with van der Waals surface area (Å²) >= 11 is 0. The summed E-state index contributed by atoms with van der Waals surface area (Å²) in [6, 6.07) is 26.5. The second kappa shape index (κ2) is 10.1. The van der Waals surface area contributed by atoms with Crippen molar-refractivity contribution in [3.63, 3.8) is 0 Å². The number of hydrogen-bond donors (Lipinski definition) is 0. The van der Waals surface area contributed by atoms with Crippen molar-refractivity contribution in [1.29, 1.82) is 0 Å². The number of aromatic nitrogens is 2. The molecule has 1 aliphatic heterocycles. The van der Waals surface area contributed by atoms with Crippen molar-refractivity contribution in [2.45, 2.75) is 45.1 Å². The van der Waals surface area contributed by atoms with E-state index in [4.69, 9.17) is 9.72 Å². The van der Waals surface area contributed by atoms with Gasteiger partial charge in [0.25, 0.3) is 0 Å². The normalized spacial score (nSPS) is 15.9. The number of fused-ring (bicyclic) bond motifs is 1. The van der Waals surface area contributed by atoms with Gasteiger partial charge in [-0.1, -0.05) is 55.5 Å². The largest absolute Gasteiger partial charge is 0.494 e. The molecular formula is C29H31N3O2. The molecular weight excluding hydrogens is 422 g/mol. The predicted octanol–water partition coefficient (Wildman–Crippen LogP) is 5.98. The van der Waals surface area contributed by atoms with Crippen molar-refractivity contribution in [2.24, 2.45) is 0 Å². The highest BCUT2D eigenvalue weighted by molar-refractivity contribution is 5.97. The Labute approximate surface area is 201 Å². The molecule has 0 aliphatic carbocycles. The monoisotopic (exact) mass is 453 g/mol. The van der Waals surface area contributed by atoms with Gasteiger partial charge in [0.2, 0.25) is 5.91 Å². The molecule has 1 aromatic heterocycles. The lowest BCUT2D eigenvalue weighted by atomic mass is 10.1. The second-order valence-corrected chi connectivity index (χ2v) is 8.87. The third-order valence-electron chi connectivity index (χ3n) is 6.63. The highest BCUT2D eigenvalue weighted by atomic mass is 16.5. The summed E-state index contributed by atoms with van der Waals surface area (Å²) < 4.78 is 8.19. The zero-order valence-electron chi connectivity index (χ0n) is 19.7. The molecule has 1 saturated heterocycles. The van der Waals surface area contributed by atoms with Gasteiger partial charge in [0.05, 0.1) is 17.6 Å². The zero-order valence-corrected chi connectivity index (χ0v) is 19.7. The van der Waals surface area contributed by atoms with Crippen LogP contribution in [0, 0.1) is 0 Å². The highest BCUT2D eigenvalue weighted by Crippen LogP contribution is 2.34. The SMILES string of the molecule is CCc1ccccc1N1C[C@H](c2nc3ccccc3n2CCCCOc2ccccc2)CC1=O. The van der Waals surface area contributed by atoms with Gasteiger partial charge in [0.15, 0.2) is 0 Å². The lowest BCUT2D eigenvalue weighted by Gasteiger charge is -2.20. The molecule has 0 spiro atoms. The smallest absolute Gasteiger partial charge is 0.227 e. The maximum atomic E-state index is 13.1. The molecule has 5 nitrogen and oxygen atoms in total. The third kappa shape index (κ3) is 4.56. The Morgan fingerprint density at radius 1 is 0.941 bits per heavy atom. The molecule has 0 unspecified atom stereocenters. The fourth-order valence-electron chi connectivity index (χ4n) is 4.91. The van der Waals surface area contributed by atoms with Crippen LogP contribution in [0.4, 0.5) is 5.69 Å². The van der Waals surface area contributed by atoms with Crippen LogP contribution < -0.4 is 9.64 Å². The van der Waals surface area contributed by atoms with Crippen molar-refractivity contribution in [3.8, 4) is 5.75 Å². The Morgan fingerprint density at radius 2 is 1.71 bits per heavy atom. The van der Waals surface area contributed by atoms with Gasteiger partial charge in [0, 0.05) is 31.1 Å². The van der Waals surface area contributed by atoms with Crippen LogP contribution >= 0.6 is 0 Å². The molecule has 0 bridgehead atoms. The summed E-state index contributed by atoms with van der Waals surface area (Å²) in [5.74, 6) is 2.20.